The Hall–Kier alpha value is -1.39. The Balaban J connectivity index is 2.50. The van der Waals surface area contributed by atoms with Crippen molar-refractivity contribution in [2.24, 2.45) is 5.92 Å². The van der Waals surface area contributed by atoms with Crippen LogP contribution in [-0.4, -0.2) is 24.9 Å². The number of Topliss-reactive ketones (excluding diaryl/α,β-unsaturated/α-hetero) is 1. The van der Waals surface area contributed by atoms with Gasteiger partial charge in [-0.15, -0.1) is 0 Å². The van der Waals surface area contributed by atoms with Crippen molar-refractivity contribution in [1.29, 1.82) is 0 Å². The molecule has 1 aliphatic carbocycles. The van der Waals surface area contributed by atoms with E-state index in [0.29, 0.717) is 12.8 Å². The minimum atomic E-state index is -0.812. The fourth-order valence-electron chi connectivity index (χ4n) is 1.50. The zero-order chi connectivity index (χ0) is 10.6. The minimum Gasteiger partial charge on any atom is -0.453 e. The summed E-state index contributed by atoms with van der Waals surface area (Å²) in [7, 11) is 1.17. The van der Waals surface area contributed by atoms with Crippen LogP contribution in [0, 0.1) is 5.92 Å². The van der Waals surface area contributed by atoms with Crippen molar-refractivity contribution >= 4 is 17.8 Å². The molecular formula is C9H13NO4. The molecule has 0 heterocycles. The maximum atomic E-state index is 11.3. The lowest BCUT2D eigenvalue weighted by Crippen LogP contribution is -2.40. The highest BCUT2D eigenvalue weighted by Crippen LogP contribution is 2.20. The van der Waals surface area contributed by atoms with Crippen LogP contribution in [0.15, 0.2) is 0 Å². The smallest absolute Gasteiger partial charge is 0.413 e. The first-order valence-electron chi connectivity index (χ1n) is 4.56. The summed E-state index contributed by atoms with van der Waals surface area (Å²) in [5.74, 6) is -1.29. The number of ether oxygens (including phenoxy) is 1. The lowest BCUT2D eigenvalue weighted by atomic mass is 9.87. The Morgan fingerprint density at radius 2 is 2.14 bits per heavy atom. The van der Waals surface area contributed by atoms with Crippen LogP contribution < -0.4 is 5.32 Å². The van der Waals surface area contributed by atoms with Crippen LogP contribution in [0.2, 0.25) is 0 Å². The van der Waals surface area contributed by atoms with Gasteiger partial charge in [-0.1, -0.05) is 6.42 Å². The van der Waals surface area contributed by atoms with Crippen LogP contribution in [-0.2, 0) is 14.3 Å². The third kappa shape index (κ3) is 2.55. The van der Waals surface area contributed by atoms with Gasteiger partial charge in [0.2, 0.25) is 5.91 Å². The molecule has 14 heavy (non-hydrogen) atoms. The summed E-state index contributed by atoms with van der Waals surface area (Å²) in [6, 6.07) is 0. The molecule has 1 saturated carbocycles. The van der Waals surface area contributed by atoms with E-state index in [1.807, 2.05) is 5.32 Å². The van der Waals surface area contributed by atoms with Crippen molar-refractivity contribution in [1.82, 2.24) is 5.32 Å². The molecule has 5 nitrogen and oxygen atoms in total. The Labute approximate surface area is 81.8 Å². The Morgan fingerprint density at radius 1 is 1.43 bits per heavy atom. The van der Waals surface area contributed by atoms with Crippen LogP contribution in [0.1, 0.15) is 25.7 Å². The average Bonchev–Trinajstić information content (AvgIpc) is 2.18. The van der Waals surface area contributed by atoms with Crippen LogP contribution in [0.25, 0.3) is 0 Å². The first-order valence-corrected chi connectivity index (χ1v) is 4.56. The van der Waals surface area contributed by atoms with Crippen LogP contribution in [0.5, 0.6) is 0 Å². The molecule has 0 bridgehead atoms. The number of alkyl carbamates (subject to hydrolysis) is 1. The highest BCUT2D eigenvalue weighted by molar-refractivity contribution is 6.06. The van der Waals surface area contributed by atoms with Gasteiger partial charge in [0.25, 0.3) is 0 Å². The number of ketones is 1. The predicted octanol–water partition coefficient (Wildman–Crippen LogP) is 0.628. The molecule has 0 spiro atoms. The average molecular weight is 199 g/mol. The monoisotopic (exact) mass is 199 g/mol. The lowest BCUT2D eigenvalue weighted by Gasteiger charge is -2.18. The van der Waals surface area contributed by atoms with E-state index in [9.17, 15) is 14.4 Å². The molecule has 0 aromatic heterocycles. The van der Waals surface area contributed by atoms with Crippen molar-refractivity contribution < 1.29 is 19.1 Å². The molecule has 0 aromatic carbocycles. The van der Waals surface area contributed by atoms with Crippen LogP contribution in [0.4, 0.5) is 4.79 Å². The highest BCUT2D eigenvalue weighted by atomic mass is 16.5. The molecule has 0 radical (unpaired) electrons. The third-order valence-electron chi connectivity index (χ3n) is 2.28. The number of carbonyl (C=O) groups excluding carboxylic acids is 3. The minimum absolute atomic E-state index is 0.0855. The molecule has 0 unspecified atom stereocenters. The van der Waals surface area contributed by atoms with E-state index >= 15 is 0 Å². The second kappa shape index (κ2) is 4.74. The summed E-state index contributed by atoms with van der Waals surface area (Å²) in [6.45, 7) is 0. The summed E-state index contributed by atoms with van der Waals surface area (Å²) in [5, 5.41) is 2.01. The number of amides is 2. The van der Waals surface area contributed by atoms with E-state index in [0.717, 1.165) is 12.8 Å². The van der Waals surface area contributed by atoms with E-state index < -0.39 is 17.9 Å². The summed E-state index contributed by atoms with van der Waals surface area (Å²) >= 11 is 0. The molecule has 5 heteroatoms. The quantitative estimate of drug-likeness (QED) is 0.628. The molecule has 1 atom stereocenters. The Bertz CT molecular complexity index is 262. The first-order chi connectivity index (χ1) is 6.65. The fourth-order valence-corrected chi connectivity index (χ4v) is 1.50. The van der Waals surface area contributed by atoms with E-state index in [1.54, 1.807) is 0 Å². The molecule has 1 rings (SSSR count). The highest BCUT2D eigenvalue weighted by Gasteiger charge is 2.29. The van der Waals surface area contributed by atoms with Crippen molar-refractivity contribution in [2.45, 2.75) is 25.7 Å². The van der Waals surface area contributed by atoms with Crippen molar-refractivity contribution in [3.63, 3.8) is 0 Å². The predicted molar refractivity (Wildman–Crippen MR) is 47.5 cm³/mol. The Morgan fingerprint density at radius 3 is 2.71 bits per heavy atom. The van der Waals surface area contributed by atoms with Crippen LogP contribution >= 0.6 is 0 Å². The summed E-state index contributed by atoms with van der Waals surface area (Å²) in [4.78, 5) is 33.3. The number of carbonyl (C=O) groups is 3. The zero-order valence-corrected chi connectivity index (χ0v) is 8.04. The van der Waals surface area contributed by atoms with Crippen molar-refractivity contribution in [3.05, 3.63) is 0 Å². The number of nitrogens with one attached hydrogen (secondary N) is 1. The SMILES string of the molecule is COC(=O)NC(=O)[C@@H]1CCCCC1=O. The molecule has 1 aliphatic rings. The van der Waals surface area contributed by atoms with Gasteiger partial charge in [-0.05, 0) is 12.8 Å². The summed E-state index contributed by atoms with van der Waals surface area (Å²) in [5.41, 5.74) is 0. The number of methoxy groups -OCH3 is 1. The van der Waals surface area contributed by atoms with E-state index in [2.05, 4.69) is 4.74 Å². The third-order valence-corrected chi connectivity index (χ3v) is 2.28. The lowest BCUT2D eigenvalue weighted by molar-refractivity contribution is -0.135. The van der Waals surface area contributed by atoms with Gasteiger partial charge in [0.15, 0.2) is 0 Å². The molecule has 0 aromatic rings. The number of hydrogen-bond donors (Lipinski definition) is 1. The van der Waals surface area contributed by atoms with Gasteiger partial charge in [0, 0.05) is 6.42 Å². The molecular weight excluding hydrogens is 186 g/mol. The van der Waals surface area contributed by atoms with Gasteiger partial charge >= 0.3 is 6.09 Å². The van der Waals surface area contributed by atoms with E-state index in [1.165, 1.54) is 7.11 Å². The largest absolute Gasteiger partial charge is 0.453 e. The molecule has 0 saturated heterocycles. The molecule has 0 aliphatic heterocycles. The molecule has 78 valence electrons. The van der Waals surface area contributed by atoms with Gasteiger partial charge < -0.3 is 4.74 Å². The number of hydrogen-bond acceptors (Lipinski definition) is 4. The van der Waals surface area contributed by atoms with Gasteiger partial charge in [-0.25, -0.2) is 4.79 Å². The van der Waals surface area contributed by atoms with Gasteiger partial charge in [0.05, 0.1) is 13.0 Å². The van der Waals surface area contributed by atoms with Crippen molar-refractivity contribution in [3.8, 4) is 0 Å². The first kappa shape index (κ1) is 10.7. The van der Waals surface area contributed by atoms with Crippen LogP contribution in [0.3, 0.4) is 0 Å². The summed E-state index contributed by atoms with van der Waals surface area (Å²) < 4.78 is 4.26. The molecule has 1 fully saturated rings. The maximum Gasteiger partial charge on any atom is 0.413 e. The second-order valence-corrected chi connectivity index (χ2v) is 3.25. The Kier molecular flexibility index (Phi) is 3.62. The number of imide groups is 1. The molecule has 2 amide bonds. The summed E-state index contributed by atoms with van der Waals surface area (Å²) in [6.07, 6.45) is 1.83. The van der Waals surface area contributed by atoms with Crippen molar-refractivity contribution in [2.75, 3.05) is 7.11 Å². The standard InChI is InChI=1S/C9H13NO4/c1-14-9(13)10-8(12)6-4-2-3-5-7(6)11/h6H,2-5H2,1H3,(H,10,12,13)/t6-/m1/s1. The fraction of sp³-hybridized carbons (Fsp3) is 0.667. The second-order valence-electron chi connectivity index (χ2n) is 3.25. The van der Waals surface area contributed by atoms with Gasteiger partial charge in [-0.3, -0.25) is 14.9 Å². The van der Waals surface area contributed by atoms with Gasteiger partial charge in [-0.2, -0.15) is 0 Å². The topological polar surface area (TPSA) is 72.5 Å². The van der Waals surface area contributed by atoms with E-state index in [-0.39, 0.29) is 5.78 Å². The normalized spacial score (nSPS) is 21.5. The van der Waals surface area contributed by atoms with E-state index in [4.69, 9.17) is 0 Å². The molecule has 1 N–H and O–H groups in total. The number of rotatable bonds is 1. The zero-order valence-electron chi connectivity index (χ0n) is 8.04. The maximum absolute atomic E-state index is 11.3. The van der Waals surface area contributed by atoms with Gasteiger partial charge in [0.1, 0.15) is 5.78 Å².